The highest BCUT2D eigenvalue weighted by atomic mass is 19.1. The molecule has 1 fully saturated rings. The van der Waals surface area contributed by atoms with Crippen LogP contribution in [0.1, 0.15) is 30.0 Å². The summed E-state index contributed by atoms with van der Waals surface area (Å²) >= 11 is 0. The number of H-pyrrole nitrogens is 1. The van der Waals surface area contributed by atoms with Crippen LogP contribution in [0.4, 0.5) is 4.39 Å². The quantitative estimate of drug-likeness (QED) is 0.882. The Balaban J connectivity index is 2.09. The molecule has 1 aliphatic rings. The van der Waals surface area contributed by atoms with Gasteiger partial charge in [0.1, 0.15) is 11.6 Å². The van der Waals surface area contributed by atoms with Crippen molar-refractivity contribution in [2.24, 2.45) is 0 Å². The third-order valence-electron chi connectivity index (χ3n) is 3.20. The lowest BCUT2D eigenvalue weighted by Crippen LogP contribution is -2.10. The minimum absolute atomic E-state index is 0.178. The lowest BCUT2D eigenvalue weighted by molar-refractivity contribution is 0.619. The Bertz CT molecular complexity index is 659. The van der Waals surface area contributed by atoms with Crippen LogP contribution >= 0.6 is 0 Å². The predicted octanol–water partition coefficient (Wildman–Crippen LogP) is 2.76. The second kappa shape index (κ2) is 4.05. The molecule has 2 aromatic rings. The summed E-state index contributed by atoms with van der Waals surface area (Å²) < 4.78 is 13.5. The van der Waals surface area contributed by atoms with Crippen molar-refractivity contribution in [3.05, 3.63) is 51.7 Å². The maximum Gasteiger partial charge on any atom is 0.251 e. The molecule has 18 heavy (non-hydrogen) atoms. The van der Waals surface area contributed by atoms with Crippen molar-refractivity contribution in [3.63, 3.8) is 0 Å². The van der Waals surface area contributed by atoms with Gasteiger partial charge in [-0.3, -0.25) is 4.79 Å². The molecule has 0 amide bonds. The monoisotopic (exact) mass is 244 g/mol. The van der Waals surface area contributed by atoms with Crippen molar-refractivity contribution in [1.29, 1.82) is 0 Å². The normalized spacial score (nSPS) is 14.8. The zero-order valence-corrected chi connectivity index (χ0v) is 10.0. The van der Waals surface area contributed by atoms with Gasteiger partial charge in [0.2, 0.25) is 0 Å². The molecule has 0 atom stereocenters. The number of aryl methyl sites for hydroxylation is 1. The molecule has 1 aromatic carbocycles. The van der Waals surface area contributed by atoms with Gasteiger partial charge in [-0.2, -0.15) is 0 Å². The summed E-state index contributed by atoms with van der Waals surface area (Å²) in [7, 11) is 0. The van der Waals surface area contributed by atoms with Gasteiger partial charge < -0.3 is 4.98 Å². The first-order valence-corrected chi connectivity index (χ1v) is 6.01. The van der Waals surface area contributed by atoms with Gasteiger partial charge in [0.15, 0.2) is 0 Å². The molecule has 0 spiro atoms. The minimum Gasteiger partial charge on any atom is -0.307 e. The van der Waals surface area contributed by atoms with Crippen LogP contribution in [-0.2, 0) is 0 Å². The smallest absolute Gasteiger partial charge is 0.251 e. The summed E-state index contributed by atoms with van der Waals surface area (Å²) in [4.78, 5) is 18.7. The standard InChI is InChI=1S/C14H13FN2O/c1-8-2-3-10(6-11(8)15)14-16-12(9-4-5-9)7-13(18)17-14/h2-3,6-7,9H,4-5H2,1H3,(H,16,17,18). The van der Waals surface area contributed by atoms with Crippen molar-refractivity contribution < 1.29 is 4.39 Å². The molecule has 1 heterocycles. The fraction of sp³-hybridized carbons (Fsp3) is 0.286. The molecule has 1 aliphatic carbocycles. The van der Waals surface area contributed by atoms with Gasteiger partial charge in [-0.05, 0) is 31.4 Å². The zero-order chi connectivity index (χ0) is 12.7. The SMILES string of the molecule is Cc1ccc(-c2nc(C3CC3)cc(=O)[nH]2)cc1F. The Kier molecular flexibility index (Phi) is 2.51. The highest BCUT2D eigenvalue weighted by molar-refractivity contribution is 5.55. The molecule has 0 saturated heterocycles. The number of nitrogens with zero attached hydrogens (tertiary/aromatic N) is 1. The van der Waals surface area contributed by atoms with Crippen LogP contribution in [0.25, 0.3) is 11.4 Å². The van der Waals surface area contributed by atoms with E-state index in [1.54, 1.807) is 19.1 Å². The molecule has 4 heteroatoms. The first-order chi connectivity index (χ1) is 8.63. The van der Waals surface area contributed by atoms with Gasteiger partial charge in [-0.1, -0.05) is 12.1 Å². The Morgan fingerprint density at radius 1 is 1.33 bits per heavy atom. The van der Waals surface area contributed by atoms with E-state index in [1.807, 2.05) is 0 Å². The summed E-state index contributed by atoms with van der Waals surface area (Å²) in [5.41, 5.74) is 1.83. The molecule has 0 radical (unpaired) electrons. The van der Waals surface area contributed by atoms with Crippen LogP contribution in [0.15, 0.2) is 29.1 Å². The molecule has 0 unspecified atom stereocenters. The topological polar surface area (TPSA) is 45.8 Å². The maximum atomic E-state index is 13.5. The Labute approximate surface area is 104 Å². The molecular weight excluding hydrogens is 231 g/mol. The van der Waals surface area contributed by atoms with Crippen LogP contribution in [0, 0.1) is 12.7 Å². The van der Waals surface area contributed by atoms with E-state index in [0.29, 0.717) is 22.9 Å². The number of benzene rings is 1. The number of rotatable bonds is 2. The van der Waals surface area contributed by atoms with Crippen molar-refractivity contribution in [2.45, 2.75) is 25.7 Å². The first-order valence-electron chi connectivity index (χ1n) is 6.01. The van der Waals surface area contributed by atoms with Crippen molar-refractivity contribution in [1.82, 2.24) is 9.97 Å². The third-order valence-corrected chi connectivity index (χ3v) is 3.20. The molecular formula is C14H13FN2O. The average Bonchev–Trinajstić information content (AvgIpc) is 3.16. The molecule has 92 valence electrons. The van der Waals surface area contributed by atoms with Crippen LogP contribution in [0.2, 0.25) is 0 Å². The highest BCUT2D eigenvalue weighted by Crippen LogP contribution is 2.38. The Morgan fingerprint density at radius 2 is 2.11 bits per heavy atom. The van der Waals surface area contributed by atoms with E-state index >= 15 is 0 Å². The zero-order valence-electron chi connectivity index (χ0n) is 10.0. The van der Waals surface area contributed by atoms with E-state index in [4.69, 9.17) is 0 Å². The minimum atomic E-state index is -0.285. The van der Waals surface area contributed by atoms with Gasteiger partial charge in [-0.25, -0.2) is 9.37 Å². The number of aromatic amines is 1. The summed E-state index contributed by atoms with van der Waals surface area (Å²) in [5, 5.41) is 0. The van der Waals surface area contributed by atoms with E-state index in [2.05, 4.69) is 9.97 Å². The van der Waals surface area contributed by atoms with Crippen LogP contribution < -0.4 is 5.56 Å². The summed E-state index contributed by atoms with van der Waals surface area (Å²) in [6.45, 7) is 1.70. The largest absolute Gasteiger partial charge is 0.307 e. The Morgan fingerprint density at radius 3 is 2.78 bits per heavy atom. The number of aromatic nitrogens is 2. The van der Waals surface area contributed by atoms with E-state index in [0.717, 1.165) is 18.5 Å². The third kappa shape index (κ3) is 2.06. The second-order valence-electron chi connectivity index (χ2n) is 4.76. The van der Waals surface area contributed by atoms with Gasteiger partial charge in [0.25, 0.3) is 5.56 Å². The van der Waals surface area contributed by atoms with Gasteiger partial charge >= 0.3 is 0 Å². The predicted molar refractivity (Wildman–Crippen MR) is 67.0 cm³/mol. The maximum absolute atomic E-state index is 13.5. The van der Waals surface area contributed by atoms with Crippen LogP contribution in [0.3, 0.4) is 0 Å². The number of halogens is 1. The number of nitrogens with one attached hydrogen (secondary N) is 1. The van der Waals surface area contributed by atoms with E-state index in [9.17, 15) is 9.18 Å². The van der Waals surface area contributed by atoms with Crippen LogP contribution in [-0.4, -0.2) is 9.97 Å². The summed E-state index contributed by atoms with van der Waals surface area (Å²) in [6.07, 6.45) is 2.16. The summed E-state index contributed by atoms with van der Waals surface area (Å²) in [6, 6.07) is 6.40. The molecule has 1 N–H and O–H groups in total. The van der Waals surface area contributed by atoms with Crippen molar-refractivity contribution in [3.8, 4) is 11.4 Å². The highest BCUT2D eigenvalue weighted by Gasteiger charge is 2.25. The van der Waals surface area contributed by atoms with Gasteiger partial charge in [0.05, 0.1) is 5.69 Å². The lowest BCUT2D eigenvalue weighted by Gasteiger charge is -2.04. The summed E-state index contributed by atoms with van der Waals surface area (Å²) in [5.74, 6) is 0.566. The molecule has 0 aliphatic heterocycles. The van der Waals surface area contributed by atoms with E-state index < -0.39 is 0 Å². The van der Waals surface area contributed by atoms with Crippen LogP contribution in [0.5, 0.6) is 0 Å². The fourth-order valence-electron chi connectivity index (χ4n) is 1.94. The van der Waals surface area contributed by atoms with E-state index in [-0.39, 0.29) is 11.4 Å². The molecule has 1 saturated carbocycles. The number of hydrogen-bond acceptors (Lipinski definition) is 2. The van der Waals surface area contributed by atoms with Gasteiger partial charge in [0, 0.05) is 17.5 Å². The molecule has 0 bridgehead atoms. The lowest BCUT2D eigenvalue weighted by atomic mass is 10.1. The average molecular weight is 244 g/mol. The van der Waals surface area contributed by atoms with E-state index in [1.165, 1.54) is 12.1 Å². The second-order valence-corrected chi connectivity index (χ2v) is 4.76. The molecule has 1 aromatic heterocycles. The fourth-order valence-corrected chi connectivity index (χ4v) is 1.94. The van der Waals surface area contributed by atoms with Crippen molar-refractivity contribution in [2.75, 3.05) is 0 Å². The number of hydrogen-bond donors (Lipinski definition) is 1. The molecule has 3 nitrogen and oxygen atoms in total. The first kappa shape index (κ1) is 11.1. The van der Waals surface area contributed by atoms with Crippen molar-refractivity contribution >= 4 is 0 Å². The molecule has 3 rings (SSSR count). The Hall–Kier alpha value is -1.97. The van der Waals surface area contributed by atoms with Gasteiger partial charge in [-0.15, -0.1) is 0 Å².